The van der Waals surface area contributed by atoms with Gasteiger partial charge in [0.15, 0.2) is 12.0 Å². The molecule has 2 heterocycles. The van der Waals surface area contributed by atoms with Crippen molar-refractivity contribution in [2.45, 2.75) is 6.23 Å². The number of anilines is 1. The molecule has 5 heteroatoms. The molecule has 1 unspecified atom stereocenters. The fourth-order valence-electron chi connectivity index (χ4n) is 1.05. The Bertz CT molecular complexity index is 336. The minimum Gasteiger partial charge on any atom is -0.384 e. The molecule has 0 aliphatic carbocycles. The minimum atomic E-state index is -0.731. The topological polar surface area (TPSA) is 83.5 Å². The second kappa shape index (κ2) is 2.46. The maximum Gasteiger partial charge on any atom is 0.163 e. The third-order valence-corrected chi connectivity index (χ3v) is 1.64. The van der Waals surface area contributed by atoms with Crippen molar-refractivity contribution in [3.05, 3.63) is 17.7 Å². The monoisotopic (exact) mass is 164 g/mol. The summed E-state index contributed by atoms with van der Waals surface area (Å²) in [7, 11) is 0. The van der Waals surface area contributed by atoms with Gasteiger partial charge in [-0.2, -0.15) is 0 Å². The summed E-state index contributed by atoms with van der Waals surface area (Å²) in [6, 6.07) is 3.33. The van der Waals surface area contributed by atoms with Crippen LogP contribution in [-0.2, 0) is 0 Å². The first-order valence-electron chi connectivity index (χ1n) is 3.50. The number of nitrogen functional groups attached to an aromatic ring is 1. The van der Waals surface area contributed by atoms with E-state index in [2.05, 4.69) is 15.3 Å². The molecule has 5 nitrogen and oxygen atoms in total. The molecule has 0 bridgehead atoms. The molecule has 1 aromatic rings. The number of aliphatic hydroxyl groups excluding tert-OH is 1. The summed E-state index contributed by atoms with van der Waals surface area (Å²) in [5, 5.41) is 12.0. The van der Waals surface area contributed by atoms with E-state index in [1.165, 1.54) is 6.34 Å². The normalized spacial score (nSPS) is 19.9. The average molecular weight is 164 g/mol. The molecule has 0 amide bonds. The smallest absolute Gasteiger partial charge is 0.163 e. The van der Waals surface area contributed by atoms with Crippen LogP contribution in [0.1, 0.15) is 11.8 Å². The Morgan fingerprint density at radius 2 is 2.33 bits per heavy atom. The van der Waals surface area contributed by atoms with Gasteiger partial charge in [-0.05, 0) is 12.1 Å². The zero-order valence-corrected chi connectivity index (χ0v) is 6.23. The van der Waals surface area contributed by atoms with Gasteiger partial charge in [-0.15, -0.1) is 0 Å². The Morgan fingerprint density at radius 1 is 1.50 bits per heavy atom. The number of aliphatic imine (C=N–C) groups is 1. The quantitative estimate of drug-likeness (QED) is 0.500. The first-order chi connectivity index (χ1) is 5.77. The summed E-state index contributed by atoms with van der Waals surface area (Å²) in [6.07, 6.45) is 0.671. The third-order valence-electron chi connectivity index (χ3n) is 1.64. The molecule has 0 radical (unpaired) electrons. The molecule has 0 aromatic carbocycles. The number of hydrogen-bond donors (Lipinski definition) is 3. The van der Waals surface area contributed by atoms with E-state index in [0.717, 1.165) is 0 Å². The lowest BCUT2D eigenvalue weighted by Gasteiger charge is -2.16. The fourth-order valence-corrected chi connectivity index (χ4v) is 1.05. The van der Waals surface area contributed by atoms with Gasteiger partial charge in [-0.3, -0.25) is 0 Å². The molecule has 0 saturated carbocycles. The van der Waals surface area contributed by atoms with Crippen LogP contribution in [0.15, 0.2) is 17.1 Å². The molecular formula is C7H8N4O. The highest BCUT2D eigenvalue weighted by molar-refractivity contribution is 5.66. The maximum absolute atomic E-state index is 9.37. The average Bonchev–Trinajstić information content (AvgIpc) is 2.04. The van der Waals surface area contributed by atoms with Crippen LogP contribution in [0.25, 0.3) is 0 Å². The van der Waals surface area contributed by atoms with Crippen LogP contribution < -0.4 is 11.1 Å². The number of aromatic nitrogens is 1. The van der Waals surface area contributed by atoms with E-state index in [9.17, 15) is 5.11 Å². The Labute approximate surface area is 69.0 Å². The van der Waals surface area contributed by atoms with Gasteiger partial charge in [0.1, 0.15) is 5.82 Å². The Balaban J connectivity index is 2.55. The van der Waals surface area contributed by atoms with Crippen molar-refractivity contribution in [1.29, 1.82) is 0 Å². The second-order valence-corrected chi connectivity index (χ2v) is 2.48. The predicted octanol–water partition coefficient (Wildman–Crippen LogP) is -0.0823. The van der Waals surface area contributed by atoms with Crippen LogP contribution in [0.5, 0.6) is 0 Å². The molecule has 62 valence electrons. The number of nitrogens with one attached hydrogen (secondary N) is 1. The van der Waals surface area contributed by atoms with Crippen molar-refractivity contribution in [3.63, 3.8) is 0 Å². The van der Waals surface area contributed by atoms with Gasteiger partial charge in [-0.25, -0.2) is 9.98 Å². The third kappa shape index (κ3) is 0.998. The van der Waals surface area contributed by atoms with E-state index in [-0.39, 0.29) is 0 Å². The lowest BCUT2D eigenvalue weighted by atomic mass is 10.2. The number of hydrogen-bond acceptors (Lipinski definition) is 5. The van der Waals surface area contributed by atoms with Gasteiger partial charge in [0, 0.05) is 5.56 Å². The summed E-state index contributed by atoms with van der Waals surface area (Å²) in [6.45, 7) is 0. The lowest BCUT2D eigenvalue weighted by molar-refractivity contribution is 0.163. The van der Waals surface area contributed by atoms with Crippen LogP contribution >= 0.6 is 0 Å². The molecule has 12 heavy (non-hydrogen) atoms. The summed E-state index contributed by atoms with van der Waals surface area (Å²) in [4.78, 5) is 7.86. The number of nitrogens with two attached hydrogens (primary N) is 1. The molecule has 1 aliphatic heterocycles. The second-order valence-electron chi connectivity index (χ2n) is 2.48. The van der Waals surface area contributed by atoms with Crippen LogP contribution in [0.3, 0.4) is 0 Å². The first kappa shape index (κ1) is 7.05. The van der Waals surface area contributed by atoms with Crippen molar-refractivity contribution in [1.82, 2.24) is 10.3 Å². The predicted molar refractivity (Wildman–Crippen MR) is 44.9 cm³/mol. The van der Waals surface area contributed by atoms with Gasteiger partial charge < -0.3 is 16.2 Å². The highest BCUT2D eigenvalue weighted by Crippen LogP contribution is 2.24. The van der Waals surface area contributed by atoms with E-state index in [1.807, 2.05) is 0 Å². The molecule has 1 aliphatic rings. The van der Waals surface area contributed by atoms with E-state index < -0.39 is 6.23 Å². The highest BCUT2D eigenvalue weighted by Gasteiger charge is 2.14. The molecule has 2 rings (SSSR count). The van der Waals surface area contributed by atoms with Crippen molar-refractivity contribution in [2.24, 2.45) is 4.99 Å². The number of aliphatic hydroxyl groups is 1. The van der Waals surface area contributed by atoms with Gasteiger partial charge in [0.25, 0.3) is 0 Å². The number of rotatable bonds is 0. The summed E-state index contributed by atoms with van der Waals surface area (Å²) in [5.41, 5.74) is 6.09. The van der Waals surface area contributed by atoms with Gasteiger partial charge in [0.05, 0.1) is 6.34 Å². The first-order valence-corrected chi connectivity index (χ1v) is 3.50. The summed E-state index contributed by atoms with van der Waals surface area (Å²) >= 11 is 0. The van der Waals surface area contributed by atoms with E-state index in [4.69, 9.17) is 5.73 Å². The van der Waals surface area contributed by atoms with Gasteiger partial charge in [0.2, 0.25) is 0 Å². The zero-order chi connectivity index (χ0) is 8.55. The molecule has 1 atom stereocenters. The van der Waals surface area contributed by atoms with Crippen LogP contribution in [-0.4, -0.2) is 16.4 Å². The minimum absolute atomic E-state index is 0.403. The SMILES string of the molecule is Nc1ccc2c(n1)N=CNC2O. The largest absolute Gasteiger partial charge is 0.384 e. The molecule has 0 spiro atoms. The number of pyridine rings is 1. The van der Waals surface area contributed by atoms with E-state index >= 15 is 0 Å². The fraction of sp³-hybridized carbons (Fsp3) is 0.143. The van der Waals surface area contributed by atoms with Crippen LogP contribution in [0.4, 0.5) is 11.6 Å². The number of fused-ring (bicyclic) bond motifs is 1. The molecular weight excluding hydrogens is 156 g/mol. The summed E-state index contributed by atoms with van der Waals surface area (Å²) < 4.78 is 0. The highest BCUT2D eigenvalue weighted by atomic mass is 16.3. The van der Waals surface area contributed by atoms with Crippen molar-refractivity contribution in [2.75, 3.05) is 5.73 Å². The molecule has 0 fully saturated rings. The van der Waals surface area contributed by atoms with Crippen molar-refractivity contribution in [3.8, 4) is 0 Å². The van der Waals surface area contributed by atoms with Crippen LogP contribution in [0, 0.1) is 0 Å². The standard InChI is InChI=1S/C7H8N4O/c8-5-2-1-4-6(11-5)9-3-10-7(4)12/h1-3,7,12H,(H3,8,9,10,11). The number of nitrogens with zero attached hydrogens (tertiary/aromatic N) is 2. The summed E-state index contributed by atoms with van der Waals surface area (Å²) in [5.74, 6) is 0.876. The van der Waals surface area contributed by atoms with Crippen molar-refractivity contribution >= 4 is 18.0 Å². The molecule has 1 aromatic heterocycles. The molecule has 0 saturated heterocycles. The van der Waals surface area contributed by atoms with E-state index in [1.54, 1.807) is 12.1 Å². The lowest BCUT2D eigenvalue weighted by Crippen LogP contribution is -2.22. The van der Waals surface area contributed by atoms with E-state index in [0.29, 0.717) is 17.2 Å². The Kier molecular flexibility index (Phi) is 1.44. The van der Waals surface area contributed by atoms with Gasteiger partial charge in [-0.1, -0.05) is 0 Å². The molecule has 4 N–H and O–H groups in total. The van der Waals surface area contributed by atoms with Gasteiger partial charge >= 0.3 is 0 Å². The van der Waals surface area contributed by atoms with Crippen LogP contribution in [0.2, 0.25) is 0 Å². The maximum atomic E-state index is 9.37. The Morgan fingerprint density at radius 3 is 3.17 bits per heavy atom. The Hall–Kier alpha value is -1.62. The zero-order valence-electron chi connectivity index (χ0n) is 6.23. The van der Waals surface area contributed by atoms with Crippen molar-refractivity contribution < 1.29 is 5.11 Å².